The SMILES string of the molecule is O=S(=O)([O-])c1cc(Cc2nc(Cc3ccccc3)nc(N(CCO)CCO)n2)ccc1/C=C/c1ccc(Nc2nc(Nc3ccccc3)nc(N(CCO)CCO)n2)cc1S(=O)(=O)[O-]. The molecule has 6 rings (SSSR count). The van der Waals surface area contributed by atoms with Gasteiger partial charge in [-0.25, -0.2) is 21.8 Å². The first-order chi connectivity index (χ1) is 30.8. The Balaban J connectivity index is 1.31. The van der Waals surface area contributed by atoms with Crippen LogP contribution in [0.2, 0.25) is 0 Å². The van der Waals surface area contributed by atoms with Gasteiger partial charge in [-0.1, -0.05) is 78.9 Å². The maximum atomic E-state index is 12.6. The van der Waals surface area contributed by atoms with E-state index >= 15 is 0 Å². The van der Waals surface area contributed by atoms with Crippen molar-refractivity contribution in [2.45, 2.75) is 22.6 Å². The van der Waals surface area contributed by atoms with Crippen molar-refractivity contribution in [3.05, 3.63) is 131 Å². The Labute approximate surface area is 369 Å². The van der Waals surface area contributed by atoms with Crippen molar-refractivity contribution in [1.82, 2.24) is 29.9 Å². The van der Waals surface area contributed by atoms with Crippen molar-refractivity contribution in [2.75, 3.05) is 73.0 Å². The highest BCUT2D eigenvalue weighted by Crippen LogP contribution is 2.28. The zero-order chi connectivity index (χ0) is 45.7. The third-order valence-corrected chi connectivity index (χ3v) is 11.1. The zero-order valence-corrected chi connectivity index (χ0v) is 35.7. The van der Waals surface area contributed by atoms with Crippen molar-refractivity contribution in [2.24, 2.45) is 0 Å². The second-order valence-electron chi connectivity index (χ2n) is 13.9. The topological polar surface area (TPSA) is 303 Å². The zero-order valence-electron chi connectivity index (χ0n) is 34.1. The van der Waals surface area contributed by atoms with Crippen LogP contribution in [0.25, 0.3) is 12.2 Å². The lowest BCUT2D eigenvalue weighted by Crippen LogP contribution is -2.32. The van der Waals surface area contributed by atoms with Gasteiger partial charge in [-0.05, 0) is 52.6 Å². The lowest BCUT2D eigenvalue weighted by Gasteiger charge is -2.21. The van der Waals surface area contributed by atoms with Crippen LogP contribution in [0.15, 0.2) is 107 Å². The quantitative estimate of drug-likeness (QED) is 0.0420. The number of hydrogen-bond acceptors (Lipinski definition) is 20. The molecule has 0 saturated heterocycles. The van der Waals surface area contributed by atoms with Gasteiger partial charge in [-0.2, -0.15) is 24.9 Å². The Kier molecular flexibility index (Phi) is 16.0. The number of anilines is 6. The smallest absolute Gasteiger partial charge is 0.233 e. The van der Waals surface area contributed by atoms with Crippen molar-refractivity contribution in [3.63, 3.8) is 0 Å². The van der Waals surface area contributed by atoms with Crippen LogP contribution in [0, 0.1) is 0 Å². The fourth-order valence-electron chi connectivity index (χ4n) is 6.41. The van der Waals surface area contributed by atoms with E-state index in [9.17, 15) is 46.4 Å². The minimum Gasteiger partial charge on any atom is -0.744 e. The minimum absolute atomic E-state index is 0.0453. The molecule has 4 aromatic carbocycles. The molecule has 0 unspecified atom stereocenters. The molecule has 0 amide bonds. The molecule has 0 aliphatic heterocycles. The first-order valence-electron chi connectivity index (χ1n) is 19.7. The summed E-state index contributed by atoms with van der Waals surface area (Å²) >= 11 is 0. The summed E-state index contributed by atoms with van der Waals surface area (Å²) in [5, 5.41) is 44.5. The summed E-state index contributed by atoms with van der Waals surface area (Å²) in [7, 11) is -10.3. The minimum atomic E-state index is -5.16. The van der Waals surface area contributed by atoms with Crippen LogP contribution < -0.4 is 20.4 Å². The van der Waals surface area contributed by atoms with Gasteiger partial charge in [0.1, 0.15) is 31.9 Å². The largest absolute Gasteiger partial charge is 0.744 e. The van der Waals surface area contributed by atoms with Crippen LogP contribution in [0.5, 0.6) is 0 Å². The number of rotatable bonds is 22. The number of nitrogens with one attached hydrogen (secondary N) is 2. The molecular formula is C42H44N10O10S2-2. The van der Waals surface area contributed by atoms with E-state index in [1.807, 2.05) is 36.4 Å². The standard InChI is InChI=1S/C42H46N10O10S2/c53-21-17-51(18-22-54)41-46-37(26-29-7-3-1-4-8-29)45-38(47-41)27-30-11-12-31(35(25-30)63(57,58)59)13-14-32-15-16-34(28-36(32)64(60,61)62)44-40-48-39(43-33-9-5-2-6-10-33)49-42(50-40)52(19-23-55)20-24-56/h1-16,25,28,53-56H,17-24,26-27H2,(H,57,58,59)(H,60,61,62)(H2,43,44,48,49,50)/p-2/b14-13+. The highest BCUT2D eigenvalue weighted by molar-refractivity contribution is 7.86. The third-order valence-electron chi connectivity index (χ3n) is 9.31. The van der Waals surface area contributed by atoms with E-state index in [1.54, 1.807) is 29.2 Å². The Morgan fingerprint density at radius 2 is 0.953 bits per heavy atom. The first kappa shape index (κ1) is 47.0. The number of aliphatic hydroxyl groups is 4. The maximum absolute atomic E-state index is 12.6. The second-order valence-corrected chi connectivity index (χ2v) is 16.6. The predicted molar refractivity (Wildman–Crippen MR) is 235 cm³/mol. The van der Waals surface area contributed by atoms with Gasteiger partial charge >= 0.3 is 0 Å². The molecule has 20 nitrogen and oxygen atoms in total. The predicted octanol–water partition coefficient (Wildman–Crippen LogP) is 2.29. The molecule has 22 heteroatoms. The number of para-hydroxylation sites is 1. The van der Waals surface area contributed by atoms with Gasteiger partial charge in [0.2, 0.25) is 23.8 Å². The molecule has 2 aromatic heterocycles. The summed E-state index contributed by atoms with van der Waals surface area (Å²) in [4.78, 5) is 28.6. The molecule has 336 valence electrons. The van der Waals surface area contributed by atoms with Crippen LogP contribution in [0.4, 0.5) is 35.2 Å². The highest BCUT2D eigenvalue weighted by atomic mass is 32.2. The van der Waals surface area contributed by atoms with Crippen molar-refractivity contribution in [3.8, 4) is 0 Å². The number of benzene rings is 4. The second kappa shape index (κ2) is 21.7. The van der Waals surface area contributed by atoms with E-state index in [-0.39, 0.29) is 105 Å². The number of nitrogens with zero attached hydrogens (tertiary/aromatic N) is 8. The molecule has 0 radical (unpaired) electrons. The van der Waals surface area contributed by atoms with Crippen molar-refractivity contribution in [1.29, 1.82) is 0 Å². The Morgan fingerprint density at radius 1 is 0.500 bits per heavy atom. The van der Waals surface area contributed by atoms with E-state index in [1.165, 1.54) is 41.3 Å². The monoisotopic (exact) mass is 912 g/mol. The van der Waals surface area contributed by atoms with Crippen LogP contribution in [-0.4, -0.2) is 129 Å². The van der Waals surface area contributed by atoms with Gasteiger partial charge in [0.25, 0.3) is 0 Å². The molecular weight excluding hydrogens is 869 g/mol. The summed E-state index contributed by atoms with van der Waals surface area (Å²) in [6.45, 7) is -0.671. The molecule has 2 heterocycles. The molecule has 0 fully saturated rings. The number of aliphatic hydroxyl groups excluding tert-OH is 4. The van der Waals surface area contributed by atoms with Gasteiger partial charge in [-0.15, -0.1) is 0 Å². The van der Waals surface area contributed by atoms with Crippen molar-refractivity contribution >= 4 is 67.6 Å². The molecule has 0 aliphatic carbocycles. The van der Waals surface area contributed by atoms with Gasteiger partial charge in [-0.3, -0.25) is 0 Å². The molecule has 0 atom stereocenters. The Morgan fingerprint density at radius 3 is 1.47 bits per heavy atom. The Bertz CT molecular complexity index is 2570. The molecule has 6 N–H and O–H groups in total. The summed E-state index contributed by atoms with van der Waals surface area (Å²) in [5.74, 6) is 0.836. The average molecular weight is 913 g/mol. The van der Waals surface area contributed by atoms with Crippen molar-refractivity contribution < 1.29 is 46.4 Å². The van der Waals surface area contributed by atoms with Crippen LogP contribution in [0.3, 0.4) is 0 Å². The van der Waals surface area contributed by atoms with Crippen LogP contribution in [0.1, 0.15) is 33.9 Å². The van der Waals surface area contributed by atoms with Gasteiger partial charge in [0, 0.05) is 50.4 Å². The van der Waals surface area contributed by atoms with Gasteiger partial charge in [0.05, 0.1) is 36.2 Å². The van der Waals surface area contributed by atoms with Crippen LogP contribution >= 0.6 is 0 Å². The number of hydrogen-bond donors (Lipinski definition) is 6. The molecule has 0 bridgehead atoms. The third kappa shape index (κ3) is 13.0. The molecule has 6 aromatic rings. The molecule has 0 spiro atoms. The fourth-order valence-corrected chi connectivity index (χ4v) is 7.82. The molecule has 0 saturated carbocycles. The van der Waals surface area contributed by atoms with Gasteiger partial charge < -0.3 is 50.0 Å². The van der Waals surface area contributed by atoms with E-state index in [2.05, 4.69) is 40.5 Å². The lowest BCUT2D eigenvalue weighted by atomic mass is 10.1. The summed E-state index contributed by atoms with van der Waals surface area (Å²) in [6, 6.07) is 26.1. The lowest BCUT2D eigenvalue weighted by molar-refractivity contribution is 0.279. The number of aromatic nitrogens is 6. The average Bonchev–Trinajstić information content (AvgIpc) is 3.26. The fraction of sp³-hybridized carbons (Fsp3) is 0.238. The maximum Gasteiger partial charge on any atom is 0.233 e. The van der Waals surface area contributed by atoms with Gasteiger partial charge in [0.15, 0.2) is 0 Å². The molecule has 64 heavy (non-hydrogen) atoms. The molecule has 0 aliphatic rings. The first-order valence-corrected chi connectivity index (χ1v) is 22.5. The Hall–Kier alpha value is -6.50. The van der Waals surface area contributed by atoms with E-state index in [4.69, 9.17) is 0 Å². The van der Waals surface area contributed by atoms with E-state index < -0.39 is 30.0 Å². The highest BCUT2D eigenvalue weighted by Gasteiger charge is 2.18. The van der Waals surface area contributed by atoms with E-state index in [0.717, 1.165) is 17.7 Å². The van der Waals surface area contributed by atoms with E-state index in [0.29, 0.717) is 23.5 Å². The summed E-state index contributed by atoms with van der Waals surface area (Å²) in [6.07, 6.45) is 2.66. The summed E-state index contributed by atoms with van der Waals surface area (Å²) < 4.78 is 75.7. The normalized spacial score (nSPS) is 11.8. The summed E-state index contributed by atoms with van der Waals surface area (Å²) in [5.41, 5.74) is 1.72. The van der Waals surface area contributed by atoms with Crippen LogP contribution in [-0.2, 0) is 33.1 Å².